The van der Waals surface area contributed by atoms with E-state index < -0.39 is 0 Å². The van der Waals surface area contributed by atoms with Crippen LogP contribution in [-0.4, -0.2) is 61.0 Å². The van der Waals surface area contributed by atoms with E-state index in [1.165, 1.54) is 16.1 Å². The fourth-order valence-electron chi connectivity index (χ4n) is 4.29. The molecule has 2 heterocycles. The molecule has 2 aromatic rings. The Kier molecular flexibility index (Phi) is 7.40. The maximum absolute atomic E-state index is 13.6. The average Bonchev–Trinajstić information content (AvgIpc) is 3.49. The zero-order valence-electron chi connectivity index (χ0n) is 21.0. The molecule has 0 aromatic heterocycles. The van der Waals surface area contributed by atoms with E-state index in [9.17, 15) is 9.59 Å². The summed E-state index contributed by atoms with van der Waals surface area (Å²) in [7, 11) is 1.58. The normalized spacial score (nSPS) is 16.6. The van der Waals surface area contributed by atoms with Crippen molar-refractivity contribution in [3.05, 3.63) is 58.7 Å². The van der Waals surface area contributed by atoms with Gasteiger partial charge in [-0.05, 0) is 54.3 Å². The lowest BCUT2D eigenvalue weighted by atomic mass is 9.96. The summed E-state index contributed by atoms with van der Waals surface area (Å²) in [6.45, 7) is 8.61. The number of amides is 2. The maximum atomic E-state index is 13.6. The molecule has 0 spiro atoms. The monoisotopic (exact) mass is 479 g/mol. The Morgan fingerprint density at radius 2 is 1.89 bits per heavy atom. The summed E-state index contributed by atoms with van der Waals surface area (Å²) < 4.78 is 16.2. The molecule has 186 valence electrons. The number of ether oxygens (including phenoxy) is 3. The van der Waals surface area contributed by atoms with E-state index in [2.05, 4.69) is 26.0 Å². The first-order valence-electron chi connectivity index (χ1n) is 11.9. The zero-order chi connectivity index (χ0) is 25.1. The van der Waals surface area contributed by atoms with Crippen molar-refractivity contribution in [2.24, 2.45) is 11.0 Å². The summed E-state index contributed by atoms with van der Waals surface area (Å²) in [6.07, 6.45) is 0.560. The average molecular weight is 480 g/mol. The molecular weight excluding hydrogens is 446 g/mol. The zero-order valence-corrected chi connectivity index (χ0v) is 21.0. The number of carbonyl (C=O) groups is 2. The molecule has 0 aliphatic carbocycles. The van der Waals surface area contributed by atoms with Crippen LogP contribution in [0.3, 0.4) is 0 Å². The van der Waals surface area contributed by atoms with E-state index in [1.807, 2.05) is 38.1 Å². The van der Waals surface area contributed by atoms with Gasteiger partial charge in [-0.2, -0.15) is 5.10 Å². The molecule has 0 bridgehead atoms. The van der Waals surface area contributed by atoms with Gasteiger partial charge in [-0.15, -0.1) is 0 Å². The van der Waals surface area contributed by atoms with Crippen molar-refractivity contribution in [1.29, 1.82) is 0 Å². The number of nitrogens with zero attached hydrogens (tertiary/aromatic N) is 3. The number of hydrazone groups is 1. The Labute approximate surface area is 206 Å². The van der Waals surface area contributed by atoms with E-state index in [1.54, 1.807) is 12.0 Å². The van der Waals surface area contributed by atoms with Gasteiger partial charge in [0, 0.05) is 26.0 Å². The van der Waals surface area contributed by atoms with Crippen molar-refractivity contribution in [2.75, 3.05) is 33.6 Å². The third kappa shape index (κ3) is 5.32. The summed E-state index contributed by atoms with van der Waals surface area (Å²) in [6, 6.07) is 11.6. The summed E-state index contributed by atoms with van der Waals surface area (Å²) in [5.74, 6) is 0.793. The molecule has 4 rings (SSSR count). The molecule has 2 aromatic carbocycles. The molecule has 1 atom stereocenters. The van der Waals surface area contributed by atoms with Gasteiger partial charge in [0.2, 0.25) is 12.7 Å². The Hall–Kier alpha value is -3.39. The maximum Gasteiger partial charge on any atom is 0.262 e. The number of benzene rings is 2. The second kappa shape index (κ2) is 10.5. The number of rotatable bonds is 8. The van der Waals surface area contributed by atoms with E-state index in [0.29, 0.717) is 31.1 Å². The minimum Gasteiger partial charge on any atom is -0.454 e. The Morgan fingerprint density at radius 1 is 1.11 bits per heavy atom. The van der Waals surface area contributed by atoms with Crippen LogP contribution in [0.5, 0.6) is 11.5 Å². The number of hydrogen-bond donors (Lipinski definition) is 0. The SMILES string of the molecule is COCCN(CC(=O)N1N=C(c2ccc(C)c(C)c2)C[C@H]1c1ccc2c(c1)OCO2)C(=O)C(C)C. The lowest BCUT2D eigenvalue weighted by Gasteiger charge is -2.28. The lowest BCUT2D eigenvalue weighted by Crippen LogP contribution is -2.44. The molecule has 0 radical (unpaired) electrons. The van der Waals surface area contributed by atoms with Gasteiger partial charge in [0.15, 0.2) is 11.5 Å². The molecule has 8 nitrogen and oxygen atoms in total. The first-order valence-corrected chi connectivity index (χ1v) is 11.9. The number of carbonyl (C=O) groups excluding carboxylic acids is 2. The predicted octanol–water partition coefficient (Wildman–Crippen LogP) is 3.84. The minimum atomic E-state index is -0.313. The first-order chi connectivity index (χ1) is 16.8. The highest BCUT2D eigenvalue weighted by Gasteiger charge is 2.35. The highest BCUT2D eigenvalue weighted by molar-refractivity contribution is 6.03. The van der Waals surface area contributed by atoms with Crippen LogP contribution in [0.1, 0.15) is 48.6 Å². The molecule has 0 saturated carbocycles. The fraction of sp³-hybridized carbons (Fsp3) is 0.444. The standard InChI is InChI=1S/C27H33N3O5/c1-17(2)27(32)29(10-11-33-5)15-26(31)30-23(21-8-9-24-25(13-21)35-16-34-24)14-22(28-30)20-7-6-18(3)19(4)12-20/h6-9,12-13,17,23H,10-11,14-16H2,1-5H3/t23-/m0/s1. The van der Waals surface area contributed by atoms with Gasteiger partial charge in [0.05, 0.1) is 18.4 Å². The van der Waals surface area contributed by atoms with Gasteiger partial charge in [0.25, 0.3) is 5.91 Å². The Balaban J connectivity index is 1.65. The third-order valence-corrected chi connectivity index (χ3v) is 6.48. The van der Waals surface area contributed by atoms with E-state index in [0.717, 1.165) is 16.8 Å². The minimum absolute atomic E-state index is 0.0644. The van der Waals surface area contributed by atoms with E-state index >= 15 is 0 Å². The van der Waals surface area contributed by atoms with Crippen LogP contribution in [0, 0.1) is 19.8 Å². The number of fused-ring (bicyclic) bond motifs is 1. The number of methoxy groups -OCH3 is 1. The van der Waals surface area contributed by atoms with Gasteiger partial charge in [-0.3, -0.25) is 9.59 Å². The third-order valence-electron chi connectivity index (χ3n) is 6.48. The fourth-order valence-corrected chi connectivity index (χ4v) is 4.29. The first kappa shape index (κ1) is 24.7. The molecule has 0 saturated heterocycles. The van der Waals surface area contributed by atoms with Gasteiger partial charge in [-0.1, -0.05) is 32.0 Å². The van der Waals surface area contributed by atoms with Crippen molar-refractivity contribution in [2.45, 2.75) is 40.2 Å². The van der Waals surface area contributed by atoms with Crippen molar-refractivity contribution in [1.82, 2.24) is 9.91 Å². The van der Waals surface area contributed by atoms with Crippen molar-refractivity contribution >= 4 is 17.5 Å². The Morgan fingerprint density at radius 3 is 2.60 bits per heavy atom. The van der Waals surface area contributed by atoms with Crippen LogP contribution < -0.4 is 9.47 Å². The summed E-state index contributed by atoms with van der Waals surface area (Å²) in [4.78, 5) is 27.9. The van der Waals surface area contributed by atoms with Crippen LogP contribution in [0.4, 0.5) is 0 Å². The topological polar surface area (TPSA) is 80.7 Å². The summed E-state index contributed by atoms with van der Waals surface area (Å²) in [5.41, 5.74) is 5.10. The van der Waals surface area contributed by atoms with E-state index in [4.69, 9.17) is 19.3 Å². The number of hydrogen-bond acceptors (Lipinski definition) is 6. The van der Waals surface area contributed by atoms with Gasteiger partial charge < -0.3 is 19.1 Å². The van der Waals surface area contributed by atoms with Crippen LogP contribution in [0.25, 0.3) is 0 Å². The molecule has 35 heavy (non-hydrogen) atoms. The molecule has 0 fully saturated rings. The van der Waals surface area contributed by atoms with Gasteiger partial charge in [-0.25, -0.2) is 5.01 Å². The smallest absolute Gasteiger partial charge is 0.262 e. The lowest BCUT2D eigenvalue weighted by molar-refractivity contribution is -0.143. The van der Waals surface area contributed by atoms with Crippen LogP contribution >= 0.6 is 0 Å². The highest BCUT2D eigenvalue weighted by Crippen LogP contribution is 2.39. The molecule has 2 aliphatic rings. The van der Waals surface area contributed by atoms with Crippen molar-refractivity contribution in [3.63, 3.8) is 0 Å². The van der Waals surface area contributed by atoms with Crippen LogP contribution in [0.2, 0.25) is 0 Å². The largest absolute Gasteiger partial charge is 0.454 e. The molecule has 0 unspecified atom stereocenters. The van der Waals surface area contributed by atoms with Crippen LogP contribution in [-0.2, 0) is 14.3 Å². The second-order valence-corrected chi connectivity index (χ2v) is 9.32. The predicted molar refractivity (Wildman–Crippen MR) is 133 cm³/mol. The van der Waals surface area contributed by atoms with Crippen molar-refractivity contribution in [3.8, 4) is 11.5 Å². The van der Waals surface area contributed by atoms with Gasteiger partial charge in [0.1, 0.15) is 6.54 Å². The van der Waals surface area contributed by atoms with Crippen molar-refractivity contribution < 1.29 is 23.8 Å². The second-order valence-electron chi connectivity index (χ2n) is 9.32. The van der Waals surface area contributed by atoms with E-state index in [-0.39, 0.29) is 37.1 Å². The summed E-state index contributed by atoms with van der Waals surface area (Å²) in [5, 5.41) is 6.30. The molecular formula is C27H33N3O5. The molecule has 2 amide bonds. The Bertz CT molecular complexity index is 1140. The highest BCUT2D eigenvalue weighted by atomic mass is 16.7. The number of aryl methyl sites for hydroxylation is 2. The molecule has 2 aliphatic heterocycles. The van der Waals surface area contributed by atoms with Gasteiger partial charge >= 0.3 is 0 Å². The molecule has 0 N–H and O–H groups in total. The summed E-state index contributed by atoms with van der Waals surface area (Å²) >= 11 is 0. The quantitative estimate of drug-likeness (QED) is 0.575. The van der Waals surface area contributed by atoms with Crippen LogP contribution in [0.15, 0.2) is 41.5 Å². The molecule has 8 heteroatoms.